The van der Waals surface area contributed by atoms with Gasteiger partial charge in [-0.1, -0.05) is 12.1 Å². The van der Waals surface area contributed by atoms with Gasteiger partial charge in [0.25, 0.3) is 0 Å². The predicted octanol–water partition coefficient (Wildman–Crippen LogP) is 1.78. The second-order valence-electron chi connectivity index (χ2n) is 3.95. The molecule has 2 rings (SSSR count). The Labute approximate surface area is 93.6 Å². The lowest BCUT2D eigenvalue weighted by Crippen LogP contribution is -2.13. The summed E-state index contributed by atoms with van der Waals surface area (Å²) in [5.41, 5.74) is 6.41. The standard InChI is InChI=1S/C11H15N3O2/c1-7(6-12)5-10-13-11(14-16-10)9-3-4-15-8(9)2/h3-4,7H,5-6,12H2,1-2H3. The van der Waals surface area contributed by atoms with Gasteiger partial charge in [-0.3, -0.25) is 0 Å². The minimum Gasteiger partial charge on any atom is -0.469 e. The van der Waals surface area contributed by atoms with Crippen molar-refractivity contribution in [2.24, 2.45) is 11.7 Å². The van der Waals surface area contributed by atoms with Crippen molar-refractivity contribution in [1.29, 1.82) is 0 Å². The topological polar surface area (TPSA) is 78.1 Å². The largest absolute Gasteiger partial charge is 0.469 e. The quantitative estimate of drug-likeness (QED) is 0.851. The zero-order valence-corrected chi connectivity index (χ0v) is 9.43. The first kappa shape index (κ1) is 10.9. The van der Waals surface area contributed by atoms with Gasteiger partial charge in [-0.15, -0.1) is 0 Å². The maximum absolute atomic E-state index is 5.54. The number of aromatic nitrogens is 2. The molecule has 86 valence electrons. The first-order valence-corrected chi connectivity index (χ1v) is 5.28. The van der Waals surface area contributed by atoms with E-state index in [0.29, 0.717) is 30.6 Å². The van der Waals surface area contributed by atoms with E-state index >= 15 is 0 Å². The van der Waals surface area contributed by atoms with Gasteiger partial charge < -0.3 is 14.7 Å². The summed E-state index contributed by atoms with van der Waals surface area (Å²) < 4.78 is 10.3. The van der Waals surface area contributed by atoms with Crippen molar-refractivity contribution in [3.05, 3.63) is 24.0 Å². The van der Waals surface area contributed by atoms with Gasteiger partial charge in [0.05, 0.1) is 11.8 Å². The summed E-state index contributed by atoms with van der Waals surface area (Å²) in [6, 6.07) is 1.83. The number of hydrogen-bond acceptors (Lipinski definition) is 5. The fraction of sp³-hybridized carbons (Fsp3) is 0.455. The third-order valence-electron chi connectivity index (χ3n) is 2.49. The molecule has 0 aliphatic carbocycles. The van der Waals surface area contributed by atoms with E-state index in [4.69, 9.17) is 14.7 Å². The molecule has 0 bridgehead atoms. The molecule has 0 amide bonds. The van der Waals surface area contributed by atoms with Gasteiger partial charge in [-0.05, 0) is 25.5 Å². The van der Waals surface area contributed by atoms with Crippen molar-refractivity contribution < 1.29 is 8.94 Å². The Morgan fingerprint density at radius 3 is 2.94 bits per heavy atom. The van der Waals surface area contributed by atoms with Crippen LogP contribution in [-0.2, 0) is 6.42 Å². The summed E-state index contributed by atoms with van der Waals surface area (Å²) in [4.78, 5) is 4.31. The summed E-state index contributed by atoms with van der Waals surface area (Å²) in [7, 11) is 0. The Bertz CT molecular complexity index is 461. The number of rotatable bonds is 4. The van der Waals surface area contributed by atoms with Gasteiger partial charge in [-0.2, -0.15) is 4.98 Å². The zero-order valence-electron chi connectivity index (χ0n) is 9.43. The van der Waals surface area contributed by atoms with Crippen LogP contribution in [0.25, 0.3) is 11.4 Å². The van der Waals surface area contributed by atoms with Crippen molar-refractivity contribution in [2.45, 2.75) is 20.3 Å². The number of nitrogens with zero attached hydrogens (tertiary/aromatic N) is 2. The van der Waals surface area contributed by atoms with Crippen molar-refractivity contribution >= 4 is 0 Å². The van der Waals surface area contributed by atoms with Gasteiger partial charge >= 0.3 is 0 Å². The van der Waals surface area contributed by atoms with Crippen LogP contribution in [0.1, 0.15) is 18.6 Å². The molecule has 1 atom stereocenters. The molecule has 16 heavy (non-hydrogen) atoms. The zero-order chi connectivity index (χ0) is 11.5. The summed E-state index contributed by atoms with van der Waals surface area (Å²) in [6.45, 7) is 4.53. The van der Waals surface area contributed by atoms with Crippen LogP contribution in [0.15, 0.2) is 21.3 Å². The minimum absolute atomic E-state index is 0.346. The maximum Gasteiger partial charge on any atom is 0.227 e. The maximum atomic E-state index is 5.54. The van der Waals surface area contributed by atoms with Crippen molar-refractivity contribution in [3.8, 4) is 11.4 Å². The number of furan rings is 1. The lowest BCUT2D eigenvalue weighted by Gasteiger charge is -2.01. The Hall–Kier alpha value is -1.62. The molecule has 0 spiro atoms. The average Bonchev–Trinajstić information content (AvgIpc) is 2.86. The smallest absolute Gasteiger partial charge is 0.227 e. The van der Waals surface area contributed by atoms with Gasteiger partial charge in [0.2, 0.25) is 11.7 Å². The highest BCUT2D eigenvalue weighted by Gasteiger charge is 2.14. The molecule has 2 heterocycles. The van der Waals surface area contributed by atoms with Crippen molar-refractivity contribution in [3.63, 3.8) is 0 Å². The molecule has 0 radical (unpaired) electrons. The van der Waals surface area contributed by atoms with Crippen molar-refractivity contribution in [1.82, 2.24) is 10.1 Å². The van der Waals surface area contributed by atoms with E-state index in [-0.39, 0.29) is 0 Å². The SMILES string of the molecule is Cc1occc1-c1noc(CC(C)CN)n1. The highest BCUT2D eigenvalue weighted by atomic mass is 16.5. The van der Waals surface area contributed by atoms with Crippen LogP contribution in [-0.4, -0.2) is 16.7 Å². The highest BCUT2D eigenvalue weighted by Crippen LogP contribution is 2.21. The fourth-order valence-electron chi connectivity index (χ4n) is 1.45. The lowest BCUT2D eigenvalue weighted by atomic mass is 10.1. The molecule has 0 saturated heterocycles. The average molecular weight is 221 g/mol. The van der Waals surface area contributed by atoms with Gasteiger partial charge in [0, 0.05) is 6.42 Å². The molecule has 2 aromatic heterocycles. The molecular formula is C11H15N3O2. The first-order valence-electron chi connectivity index (χ1n) is 5.28. The van der Waals surface area contributed by atoms with Gasteiger partial charge in [-0.25, -0.2) is 0 Å². The van der Waals surface area contributed by atoms with Crippen LogP contribution in [0.2, 0.25) is 0 Å². The monoisotopic (exact) mass is 221 g/mol. The third-order valence-corrected chi connectivity index (χ3v) is 2.49. The van der Waals surface area contributed by atoms with E-state index < -0.39 is 0 Å². The Morgan fingerprint density at radius 1 is 1.50 bits per heavy atom. The summed E-state index contributed by atoms with van der Waals surface area (Å²) in [5.74, 6) is 2.33. The molecule has 5 nitrogen and oxygen atoms in total. The van der Waals surface area contributed by atoms with E-state index in [1.807, 2.05) is 19.9 Å². The number of hydrogen-bond donors (Lipinski definition) is 1. The Kier molecular flexibility index (Phi) is 3.05. The molecule has 0 aliphatic heterocycles. The highest BCUT2D eigenvalue weighted by molar-refractivity contribution is 5.55. The van der Waals surface area contributed by atoms with E-state index in [2.05, 4.69) is 10.1 Å². The van der Waals surface area contributed by atoms with Crippen LogP contribution >= 0.6 is 0 Å². The van der Waals surface area contributed by atoms with Crippen LogP contribution in [0, 0.1) is 12.8 Å². The van der Waals surface area contributed by atoms with Crippen LogP contribution in [0.3, 0.4) is 0 Å². The Morgan fingerprint density at radius 2 is 2.31 bits per heavy atom. The number of aryl methyl sites for hydroxylation is 1. The second-order valence-corrected chi connectivity index (χ2v) is 3.95. The van der Waals surface area contributed by atoms with Gasteiger partial charge in [0.15, 0.2) is 0 Å². The van der Waals surface area contributed by atoms with Crippen molar-refractivity contribution in [2.75, 3.05) is 6.54 Å². The number of nitrogens with two attached hydrogens (primary N) is 1. The summed E-state index contributed by atoms with van der Waals surface area (Å²) in [6.07, 6.45) is 2.32. The fourth-order valence-corrected chi connectivity index (χ4v) is 1.45. The lowest BCUT2D eigenvalue weighted by molar-refractivity contribution is 0.359. The normalized spacial score (nSPS) is 12.9. The van der Waals surface area contributed by atoms with E-state index in [9.17, 15) is 0 Å². The molecule has 0 fully saturated rings. The molecule has 2 N–H and O–H groups in total. The molecular weight excluding hydrogens is 206 g/mol. The molecule has 5 heteroatoms. The van der Waals surface area contributed by atoms with Gasteiger partial charge in [0.1, 0.15) is 5.76 Å². The molecule has 0 saturated carbocycles. The first-order chi connectivity index (χ1) is 7.70. The third kappa shape index (κ3) is 2.14. The summed E-state index contributed by atoms with van der Waals surface area (Å²) >= 11 is 0. The molecule has 1 unspecified atom stereocenters. The van der Waals surface area contributed by atoms with Crippen LogP contribution < -0.4 is 5.73 Å². The van der Waals surface area contributed by atoms with E-state index in [1.165, 1.54) is 0 Å². The van der Waals surface area contributed by atoms with Crippen LogP contribution in [0.4, 0.5) is 0 Å². The predicted molar refractivity (Wildman–Crippen MR) is 58.7 cm³/mol. The summed E-state index contributed by atoms with van der Waals surface area (Å²) in [5, 5.41) is 3.92. The Balaban J connectivity index is 2.17. The van der Waals surface area contributed by atoms with Crippen LogP contribution in [0.5, 0.6) is 0 Å². The molecule has 2 aromatic rings. The molecule has 0 aliphatic rings. The molecule has 0 aromatic carbocycles. The van der Waals surface area contributed by atoms with E-state index in [0.717, 1.165) is 11.3 Å². The second kappa shape index (κ2) is 4.49. The minimum atomic E-state index is 0.346. The van der Waals surface area contributed by atoms with E-state index in [1.54, 1.807) is 6.26 Å².